The summed E-state index contributed by atoms with van der Waals surface area (Å²) < 4.78 is 0.982. The number of amides is 1. The van der Waals surface area contributed by atoms with Gasteiger partial charge in [0, 0.05) is 20.7 Å². The first-order chi connectivity index (χ1) is 11.1. The van der Waals surface area contributed by atoms with Gasteiger partial charge in [-0.1, -0.05) is 53.5 Å². The van der Waals surface area contributed by atoms with Gasteiger partial charge in [-0.2, -0.15) is 5.10 Å². The minimum absolute atomic E-state index is 0.336. The molecule has 0 spiro atoms. The molecule has 0 aliphatic rings. The van der Waals surface area contributed by atoms with Gasteiger partial charge in [0.05, 0.1) is 11.2 Å². The van der Waals surface area contributed by atoms with Gasteiger partial charge in [-0.05, 0) is 24.6 Å². The van der Waals surface area contributed by atoms with Gasteiger partial charge in [0.25, 0.3) is 5.91 Å². The maximum Gasteiger partial charge on any atom is 0.283 e. The maximum atomic E-state index is 12.3. The van der Waals surface area contributed by atoms with Crippen molar-refractivity contribution in [2.24, 2.45) is 5.10 Å². The summed E-state index contributed by atoms with van der Waals surface area (Å²) in [5.41, 5.74) is 4.34. The van der Waals surface area contributed by atoms with Gasteiger partial charge in [-0.25, -0.2) is 5.43 Å². The smallest absolute Gasteiger partial charge is 0.266 e. The van der Waals surface area contributed by atoms with E-state index >= 15 is 0 Å². The molecule has 0 unspecified atom stereocenters. The van der Waals surface area contributed by atoms with E-state index in [9.17, 15) is 4.79 Å². The molecule has 0 aliphatic heterocycles. The van der Waals surface area contributed by atoms with Crippen LogP contribution in [-0.2, 0) is 0 Å². The van der Waals surface area contributed by atoms with Gasteiger partial charge in [0.1, 0.15) is 4.88 Å². The lowest BCUT2D eigenvalue weighted by molar-refractivity contribution is 0.0959. The van der Waals surface area contributed by atoms with E-state index in [1.165, 1.54) is 17.6 Å². The molecule has 0 radical (unpaired) electrons. The van der Waals surface area contributed by atoms with Crippen LogP contribution < -0.4 is 5.43 Å². The number of fused-ring (bicyclic) bond motifs is 1. The van der Waals surface area contributed by atoms with Gasteiger partial charge in [-0.3, -0.25) is 4.79 Å². The summed E-state index contributed by atoms with van der Waals surface area (Å²) in [6.07, 6.45) is 1.51. The molecule has 3 rings (SSSR count). The number of hydrazone groups is 1. The fourth-order valence-corrected chi connectivity index (χ4v) is 3.80. The van der Waals surface area contributed by atoms with Crippen LogP contribution in [0.4, 0.5) is 0 Å². The molecule has 0 aliphatic carbocycles. The number of benzene rings is 2. The Balaban J connectivity index is 1.81. The van der Waals surface area contributed by atoms with Crippen molar-refractivity contribution < 1.29 is 4.79 Å². The molecule has 116 valence electrons. The number of hydrogen-bond donors (Lipinski definition) is 1. The van der Waals surface area contributed by atoms with Gasteiger partial charge >= 0.3 is 0 Å². The number of aryl methyl sites for hydroxylation is 1. The van der Waals surface area contributed by atoms with E-state index in [0.29, 0.717) is 14.9 Å². The molecule has 0 bridgehead atoms. The highest BCUT2D eigenvalue weighted by atomic mass is 35.5. The Hall–Kier alpha value is -1.88. The minimum Gasteiger partial charge on any atom is -0.266 e. The molecule has 0 saturated heterocycles. The van der Waals surface area contributed by atoms with Gasteiger partial charge in [0.15, 0.2) is 0 Å². The second kappa shape index (κ2) is 6.71. The third-order valence-corrected chi connectivity index (χ3v) is 5.27. The second-order valence-corrected chi connectivity index (χ2v) is 6.80. The van der Waals surface area contributed by atoms with Crippen molar-refractivity contribution in [2.75, 3.05) is 0 Å². The third kappa shape index (κ3) is 3.39. The van der Waals surface area contributed by atoms with E-state index in [0.717, 1.165) is 21.2 Å². The Labute approximate surface area is 147 Å². The summed E-state index contributed by atoms with van der Waals surface area (Å²) >= 11 is 13.7. The fourth-order valence-electron chi connectivity index (χ4n) is 2.11. The predicted octanol–water partition coefficient (Wildman–Crippen LogP) is 5.28. The Morgan fingerprint density at radius 1 is 1.22 bits per heavy atom. The number of carbonyl (C=O) groups excluding carboxylic acids is 1. The van der Waals surface area contributed by atoms with E-state index < -0.39 is 0 Å². The summed E-state index contributed by atoms with van der Waals surface area (Å²) in [7, 11) is 0. The van der Waals surface area contributed by atoms with Crippen molar-refractivity contribution in [3.05, 3.63) is 68.5 Å². The molecule has 0 atom stereocenters. The van der Waals surface area contributed by atoms with Crippen molar-refractivity contribution >= 4 is 56.7 Å². The number of hydrogen-bond acceptors (Lipinski definition) is 3. The molecule has 1 amide bonds. The molecular formula is C17H12Cl2N2OS. The third-order valence-electron chi connectivity index (χ3n) is 3.27. The first-order valence-electron chi connectivity index (χ1n) is 6.83. The summed E-state index contributed by atoms with van der Waals surface area (Å²) in [4.78, 5) is 12.7. The number of thiophene rings is 1. The molecule has 6 heteroatoms. The summed E-state index contributed by atoms with van der Waals surface area (Å²) in [6.45, 7) is 2.00. The lowest BCUT2D eigenvalue weighted by Gasteiger charge is -1.98. The zero-order chi connectivity index (χ0) is 16.4. The second-order valence-electron chi connectivity index (χ2n) is 4.97. The first-order valence-corrected chi connectivity index (χ1v) is 8.40. The fraction of sp³-hybridized carbons (Fsp3) is 0.0588. The summed E-state index contributed by atoms with van der Waals surface area (Å²) in [6, 6.07) is 13.2. The molecule has 1 N–H and O–H groups in total. The van der Waals surface area contributed by atoms with Crippen LogP contribution >= 0.6 is 34.5 Å². The quantitative estimate of drug-likeness (QED) is 0.499. The molecule has 0 fully saturated rings. The van der Waals surface area contributed by atoms with Crippen LogP contribution in [-0.4, -0.2) is 12.1 Å². The molecule has 23 heavy (non-hydrogen) atoms. The van der Waals surface area contributed by atoms with Crippen LogP contribution in [0.2, 0.25) is 10.0 Å². The first kappa shape index (κ1) is 16.0. The lowest BCUT2D eigenvalue weighted by Crippen LogP contribution is -2.16. The zero-order valence-electron chi connectivity index (χ0n) is 12.1. The van der Waals surface area contributed by atoms with Crippen molar-refractivity contribution in [1.82, 2.24) is 5.43 Å². The Morgan fingerprint density at radius 2 is 2.00 bits per heavy atom. The molecule has 0 saturated carbocycles. The highest BCUT2D eigenvalue weighted by Gasteiger charge is 2.16. The average molecular weight is 363 g/mol. The zero-order valence-corrected chi connectivity index (χ0v) is 14.5. The van der Waals surface area contributed by atoms with Crippen molar-refractivity contribution in [2.45, 2.75) is 6.92 Å². The normalized spacial score (nSPS) is 11.3. The van der Waals surface area contributed by atoms with Crippen molar-refractivity contribution in [3.63, 3.8) is 0 Å². The summed E-state index contributed by atoms with van der Waals surface area (Å²) in [5, 5.41) is 5.85. The van der Waals surface area contributed by atoms with E-state index in [1.807, 2.05) is 43.3 Å². The van der Waals surface area contributed by atoms with E-state index in [4.69, 9.17) is 23.2 Å². The van der Waals surface area contributed by atoms with Crippen LogP contribution in [0.15, 0.2) is 47.6 Å². The average Bonchev–Trinajstić information content (AvgIpc) is 2.85. The highest BCUT2D eigenvalue weighted by molar-refractivity contribution is 7.21. The van der Waals surface area contributed by atoms with Gasteiger partial charge in [-0.15, -0.1) is 11.3 Å². The SMILES string of the molecule is Cc1ccc2c(Cl)c(C(=O)NN=Cc3ccccc3Cl)sc2c1. The van der Waals surface area contributed by atoms with Crippen LogP contribution in [0.3, 0.4) is 0 Å². The highest BCUT2D eigenvalue weighted by Crippen LogP contribution is 2.35. The largest absolute Gasteiger partial charge is 0.283 e. The van der Waals surface area contributed by atoms with Gasteiger partial charge < -0.3 is 0 Å². The Kier molecular flexibility index (Phi) is 4.66. The van der Waals surface area contributed by atoms with Crippen LogP contribution in [0, 0.1) is 6.92 Å². The number of halogens is 2. The molecule has 2 aromatic carbocycles. The Morgan fingerprint density at radius 3 is 2.78 bits per heavy atom. The number of rotatable bonds is 3. The lowest BCUT2D eigenvalue weighted by atomic mass is 10.2. The van der Waals surface area contributed by atoms with Crippen molar-refractivity contribution in [3.8, 4) is 0 Å². The number of nitrogens with zero attached hydrogens (tertiary/aromatic N) is 1. The van der Waals surface area contributed by atoms with Crippen molar-refractivity contribution in [1.29, 1.82) is 0 Å². The molecular weight excluding hydrogens is 351 g/mol. The standard InChI is InChI=1S/C17H12Cl2N2OS/c1-10-6-7-12-14(8-10)23-16(15(12)19)17(22)21-20-9-11-4-2-3-5-13(11)18/h2-9H,1H3,(H,21,22). The van der Waals surface area contributed by atoms with E-state index in [2.05, 4.69) is 10.5 Å². The van der Waals surface area contributed by atoms with Crippen LogP contribution in [0.1, 0.15) is 20.8 Å². The Bertz CT molecular complexity index is 918. The number of carbonyl (C=O) groups is 1. The molecule has 1 aromatic heterocycles. The van der Waals surface area contributed by atoms with E-state index in [1.54, 1.807) is 6.07 Å². The molecule has 3 aromatic rings. The summed E-state index contributed by atoms with van der Waals surface area (Å²) in [5.74, 6) is -0.336. The predicted molar refractivity (Wildman–Crippen MR) is 98.1 cm³/mol. The van der Waals surface area contributed by atoms with E-state index in [-0.39, 0.29) is 5.91 Å². The monoisotopic (exact) mass is 362 g/mol. The minimum atomic E-state index is -0.336. The molecule has 3 nitrogen and oxygen atoms in total. The molecule has 1 heterocycles. The van der Waals surface area contributed by atoms with Gasteiger partial charge in [0.2, 0.25) is 0 Å². The maximum absolute atomic E-state index is 12.3. The topological polar surface area (TPSA) is 41.5 Å². The van der Waals surface area contributed by atoms with Crippen LogP contribution in [0.25, 0.3) is 10.1 Å². The van der Waals surface area contributed by atoms with Crippen LogP contribution in [0.5, 0.6) is 0 Å². The number of nitrogens with one attached hydrogen (secondary N) is 1.